The Labute approximate surface area is 303 Å². The fraction of sp³-hybridized carbons (Fsp3) is 0.659. The molecule has 0 unspecified atom stereocenters. The van der Waals surface area contributed by atoms with Crippen molar-refractivity contribution in [1.29, 1.82) is 0 Å². The zero-order valence-electron chi connectivity index (χ0n) is 31.2. The molecule has 4 aliphatic rings. The molecule has 2 aliphatic carbocycles. The SMILES string of the molecule is C[C@H](CC1CCCCC1)C(=O)N1CC[C@](O)(Cn2cc(C(=O)N3CCN(C(=O)OC(C)(C)C)CC3)c(-c3ccccc3)cc2=O)C2(CCCC2)C1. The van der Waals surface area contributed by atoms with Gasteiger partial charge in [-0.3, -0.25) is 14.4 Å². The van der Waals surface area contributed by atoms with Gasteiger partial charge in [0.05, 0.1) is 17.7 Å². The highest BCUT2D eigenvalue weighted by molar-refractivity contribution is 6.00. The lowest BCUT2D eigenvalue weighted by atomic mass is 9.65. The van der Waals surface area contributed by atoms with E-state index in [9.17, 15) is 24.3 Å². The van der Waals surface area contributed by atoms with Crippen molar-refractivity contribution >= 4 is 17.9 Å². The number of nitrogens with zero attached hydrogens (tertiary/aromatic N) is 4. The molecule has 3 amide bonds. The van der Waals surface area contributed by atoms with E-state index in [-0.39, 0.29) is 29.8 Å². The Morgan fingerprint density at radius 2 is 1.53 bits per heavy atom. The first-order chi connectivity index (χ1) is 24.3. The largest absolute Gasteiger partial charge is 0.444 e. The van der Waals surface area contributed by atoms with Gasteiger partial charge < -0.3 is 29.1 Å². The third-order valence-corrected chi connectivity index (χ3v) is 12.1. The summed E-state index contributed by atoms with van der Waals surface area (Å²) in [7, 11) is 0. The molecular weight excluding hydrogens is 644 g/mol. The van der Waals surface area contributed by atoms with Crippen molar-refractivity contribution in [2.45, 2.75) is 116 Å². The number of piperazine rings is 1. The van der Waals surface area contributed by atoms with E-state index in [0.717, 1.165) is 37.7 Å². The summed E-state index contributed by atoms with van der Waals surface area (Å²) in [6.45, 7) is 9.95. The van der Waals surface area contributed by atoms with E-state index in [1.165, 1.54) is 42.7 Å². The van der Waals surface area contributed by atoms with Crippen LogP contribution in [0.5, 0.6) is 0 Å². The van der Waals surface area contributed by atoms with Gasteiger partial charge >= 0.3 is 6.09 Å². The number of piperidine rings is 1. The van der Waals surface area contributed by atoms with E-state index in [0.29, 0.717) is 62.7 Å². The second-order valence-electron chi connectivity index (χ2n) is 16.9. The van der Waals surface area contributed by atoms with Crippen molar-refractivity contribution in [3.05, 3.63) is 58.5 Å². The fourth-order valence-electron chi connectivity index (χ4n) is 9.22. The highest BCUT2D eigenvalue weighted by Crippen LogP contribution is 2.52. The standard InChI is InChI=1S/C41H58N4O6/c1-30(25-31-13-7-5-8-14-31)36(47)44-20-19-41(50,40(28-44)17-11-12-18-40)29-45-27-34(33(26-35(45)46)32-15-9-6-10-16-32)37(48)42-21-23-43(24-22-42)38(49)51-39(2,3)4/h6,9-10,15-16,26-27,30-31,50H,5,7-8,11-14,17-25,28-29H2,1-4H3/t30-,41+/m1/s1. The molecule has 0 bridgehead atoms. The minimum Gasteiger partial charge on any atom is -0.444 e. The Morgan fingerprint density at radius 3 is 2.18 bits per heavy atom. The molecule has 1 N–H and O–H groups in total. The van der Waals surface area contributed by atoms with Gasteiger partial charge in [0, 0.05) is 68.4 Å². The topological polar surface area (TPSA) is 112 Å². The maximum Gasteiger partial charge on any atom is 0.410 e. The van der Waals surface area contributed by atoms with Crippen LogP contribution in [0, 0.1) is 17.3 Å². The molecular formula is C41H58N4O6. The Bertz CT molecular complexity index is 1610. The minimum atomic E-state index is -1.20. The lowest BCUT2D eigenvalue weighted by molar-refractivity contribution is -0.163. The maximum atomic E-state index is 14.3. The van der Waals surface area contributed by atoms with Crippen molar-refractivity contribution in [2.75, 3.05) is 39.3 Å². The smallest absolute Gasteiger partial charge is 0.410 e. The van der Waals surface area contributed by atoms with Gasteiger partial charge in [0.25, 0.3) is 11.5 Å². The number of pyridine rings is 1. The predicted octanol–water partition coefficient (Wildman–Crippen LogP) is 6.34. The van der Waals surface area contributed by atoms with Gasteiger partial charge in [0.2, 0.25) is 5.91 Å². The fourth-order valence-corrected chi connectivity index (χ4v) is 9.22. The molecule has 4 fully saturated rings. The van der Waals surface area contributed by atoms with Crippen LogP contribution >= 0.6 is 0 Å². The van der Waals surface area contributed by atoms with E-state index < -0.39 is 22.7 Å². The van der Waals surface area contributed by atoms with Crippen molar-refractivity contribution in [1.82, 2.24) is 19.3 Å². The monoisotopic (exact) mass is 702 g/mol. The van der Waals surface area contributed by atoms with Gasteiger partial charge in [-0.1, -0.05) is 82.2 Å². The van der Waals surface area contributed by atoms with Crippen molar-refractivity contribution in [3.63, 3.8) is 0 Å². The summed E-state index contributed by atoms with van der Waals surface area (Å²) in [5.74, 6) is 0.557. The minimum absolute atomic E-state index is 0.0366. The molecule has 2 saturated carbocycles. The van der Waals surface area contributed by atoms with Gasteiger partial charge in [-0.05, 0) is 57.9 Å². The Morgan fingerprint density at radius 1 is 0.882 bits per heavy atom. The van der Waals surface area contributed by atoms with Crippen LogP contribution in [-0.4, -0.2) is 92.8 Å². The molecule has 51 heavy (non-hydrogen) atoms. The zero-order valence-corrected chi connectivity index (χ0v) is 31.2. The number of hydrogen-bond donors (Lipinski definition) is 1. The normalized spacial score (nSPS) is 23.4. The van der Waals surface area contributed by atoms with Gasteiger partial charge in [0.1, 0.15) is 5.60 Å². The number of carbonyl (C=O) groups excluding carboxylic acids is 3. The number of carbonyl (C=O) groups is 3. The molecule has 3 heterocycles. The van der Waals surface area contributed by atoms with Gasteiger partial charge in [0.15, 0.2) is 0 Å². The molecule has 0 radical (unpaired) electrons. The molecule has 1 aromatic carbocycles. The van der Waals surface area contributed by atoms with E-state index in [4.69, 9.17) is 4.74 Å². The van der Waals surface area contributed by atoms with Crippen molar-refractivity contribution < 1.29 is 24.2 Å². The molecule has 1 spiro atoms. The Hall–Kier alpha value is -3.66. The molecule has 2 aromatic rings. The summed E-state index contributed by atoms with van der Waals surface area (Å²) in [4.78, 5) is 60.0. The molecule has 2 atom stereocenters. The average molecular weight is 703 g/mol. The van der Waals surface area contributed by atoms with Gasteiger partial charge in [-0.15, -0.1) is 0 Å². The van der Waals surface area contributed by atoms with Crippen LogP contribution < -0.4 is 5.56 Å². The number of hydrogen-bond acceptors (Lipinski definition) is 6. The van der Waals surface area contributed by atoms with Crippen LogP contribution in [0.25, 0.3) is 11.1 Å². The van der Waals surface area contributed by atoms with Crippen LogP contribution in [0.1, 0.15) is 109 Å². The first-order valence-corrected chi connectivity index (χ1v) is 19.4. The van der Waals surface area contributed by atoms with Crippen LogP contribution in [0.15, 0.2) is 47.4 Å². The van der Waals surface area contributed by atoms with Gasteiger partial charge in [-0.2, -0.15) is 0 Å². The first-order valence-electron chi connectivity index (χ1n) is 19.4. The number of aromatic nitrogens is 1. The lowest BCUT2D eigenvalue weighted by Crippen LogP contribution is -2.62. The second kappa shape index (κ2) is 15.1. The van der Waals surface area contributed by atoms with Crippen molar-refractivity contribution in [3.8, 4) is 11.1 Å². The number of rotatable bonds is 7. The predicted molar refractivity (Wildman–Crippen MR) is 197 cm³/mol. The lowest BCUT2D eigenvalue weighted by Gasteiger charge is -2.53. The summed E-state index contributed by atoms with van der Waals surface area (Å²) in [5.41, 5.74) is -0.900. The third kappa shape index (κ3) is 8.21. The zero-order chi connectivity index (χ0) is 36.4. The highest BCUT2D eigenvalue weighted by Gasteiger charge is 2.56. The third-order valence-electron chi connectivity index (χ3n) is 12.1. The number of amides is 3. The average Bonchev–Trinajstić information content (AvgIpc) is 3.59. The molecule has 2 aliphatic heterocycles. The van der Waals surface area contributed by atoms with E-state index >= 15 is 0 Å². The highest BCUT2D eigenvalue weighted by atomic mass is 16.6. The molecule has 1 aromatic heterocycles. The summed E-state index contributed by atoms with van der Waals surface area (Å²) < 4.78 is 7.07. The number of benzene rings is 1. The van der Waals surface area contributed by atoms with Gasteiger partial charge in [-0.25, -0.2) is 4.79 Å². The molecule has 6 rings (SSSR count). The molecule has 2 saturated heterocycles. The first kappa shape index (κ1) is 37.1. The summed E-state index contributed by atoms with van der Waals surface area (Å²) in [6, 6.07) is 11.0. The Kier molecular flexibility index (Phi) is 11.0. The maximum absolute atomic E-state index is 14.3. The summed E-state index contributed by atoms with van der Waals surface area (Å²) in [5, 5.41) is 12.6. The number of likely N-dealkylation sites (tertiary alicyclic amines) is 1. The Balaban J connectivity index is 1.23. The van der Waals surface area contributed by atoms with Crippen LogP contribution in [-0.2, 0) is 16.1 Å². The number of aliphatic hydroxyl groups is 1. The molecule has 10 nitrogen and oxygen atoms in total. The van der Waals surface area contributed by atoms with Crippen molar-refractivity contribution in [2.24, 2.45) is 17.3 Å². The molecule has 278 valence electrons. The van der Waals surface area contributed by atoms with Crippen LogP contribution in [0.4, 0.5) is 4.79 Å². The summed E-state index contributed by atoms with van der Waals surface area (Å²) in [6.07, 6.45) is 12.4. The number of ether oxygens (including phenoxy) is 1. The van der Waals surface area contributed by atoms with Crippen LogP contribution in [0.3, 0.4) is 0 Å². The summed E-state index contributed by atoms with van der Waals surface area (Å²) >= 11 is 0. The van der Waals surface area contributed by atoms with E-state index in [1.54, 1.807) is 16.0 Å². The molecule has 10 heteroatoms. The van der Waals surface area contributed by atoms with E-state index in [1.807, 2.05) is 56.0 Å². The van der Waals surface area contributed by atoms with E-state index in [2.05, 4.69) is 6.92 Å². The quantitative estimate of drug-likeness (QED) is 0.361. The second-order valence-corrected chi connectivity index (χ2v) is 16.9. The van der Waals surface area contributed by atoms with Crippen LogP contribution in [0.2, 0.25) is 0 Å².